The first-order chi connectivity index (χ1) is 9.33. The summed E-state index contributed by atoms with van der Waals surface area (Å²) in [5.74, 6) is 0.675. The predicted octanol–water partition coefficient (Wildman–Crippen LogP) is 4.57. The summed E-state index contributed by atoms with van der Waals surface area (Å²) in [7, 11) is 0. The molecule has 3 nitrogen and oxygen atoms in total. The number of unbranched alkanes of at least 4 members (excludes halogenated alkanes) is 8. The number of nitrogens with zero attached hydrogens (tertiary/aromatic N) is 1. The number of aromatic nitrogens is 1. The van der Waals surface area contributed by atoms with Gasteiger partial charge in [0.2, 0.25) is 5.88 Å². The number of hydrogen-bond donors (Lipinski definition) is 1. The first kappa shape index (κ1) is 15.8. The molecule has 0 bridgehead atoms. The van der Waals surface area contributed by atoms with Crippen molar-refractivity contribution < 1.29 is 4.74 Å². The third-order valence-corrected chi connectivity index (χ3v) is 3.26. The summed E-state index contributed by atoms with van der Waals surface area (Å²) in [4.78, 5) is 4.11. The molecule has 0 aliphatic carbocycles. The second-order valence-electron chi connectivity index (χ2n) is 5.11. The Bertz CT molecular complexity index is 311. The van der Waals surface area contributed by atoms with Crippen molar-refractivity contribution >= 4 is 5.69 Å². The third kappa shape index (κ3) is 8.46. The quantitative estimate of drug-likeness (QED) is 0.595. The molecule has 1 aromatic rings. The Hall–Kier alpha value is -1.25. The molecule has 3 heteroatoms. The lowest BCUT2D eigenvalue weighted by Gasteiger charge is -2.05. The second-order valence-corrected chi connectivity index (χ2v) is 5.11. The maximum absolute atomic E-state index is 5.56. The fourth-order valence-electron chi connectivity index (χ4n) is 2.07. The number of rotatable bonds is 11. The molecular formula is C16H28N2O. The highest BCUT2D eigenvalue weighted by molar-refractivity contribution is 5.35. The summed E-state index contributed by atoms with van der Waals surface area (Å²) in [5, 5.41) is 0. The van der Waals surface area contributed by atoms with Crippen LogP contribution < -0.4 is 10.5 Å². The van der Waals surface area contributed by atoms with Crippen LogP contribution in [0.3, 0.4) is 0 Å². The first-order valence-corrected chi connectivity index (χ1v) is 7.67. The van der Waals surface area contributed by atoms with E-state index in [1.54, 1.807) is 6.20 Å². The van der Waals surface area contributed by atoms with Crippen molar-refractivity contribution in [3.8, 4) is 5.88 Å². The number of anilines is 1. The molecular weight excluding hydrogens is 236 g/mol. The molecule has 1 aromatic heterocycles. The van der Waals surface area contributed by atoms with E-state index in [0.717, 1.165) is 13.0 Å². The summed E-state index contributed by atoms with van der Waals surface area (Å²) in [5.41, 5.74) is 6.24. The third-order valence-electron chi connectivity index (χ3n) is 3.26. The Morgan fingerprint density at radius 1 is 0.947 bits per heavy atom. The lowest BCUT2D eigenvalue weighted by atomic mass is 10.1. The van der Waals surface area contributed by atoms with E-state index >= 15 is 0 Å². The maximum atomic E-state index is 5.56. The largest absolute Gasteiger partial charge is 0.478 e. The van der Waals surface area contributed by atoms with E-state index in [9.17, 15) is 0 Å². The molecule has 0 aliphatic heterocycles. The van der Waals surface area contributed by atoms with Crippen LogP contribution in [0, 0.1) is 0 Å². The molecule has 0 aliphatic rings. The van der Waals surface area contributed by atoms with Crippen molar-refractivity contribution in [2.75, 3.05) is 12.3 Å². The van der Waals surface area contributed by atoms with Gasteiger partial charge >= 0.3 is 0 Å². The summed E-state index contributed by atoms with van der Waals surface area (Å²) < 4.78 is 5.55. The van der Waals surface area contributed by atoms with Crippen LogP contribution in [-0.2, 0) is 0 Å². The van der Waals surface area contributed by atoms with Gasteiger partial charge in [0.05, 0.1) is 18.5 Å². The van der Waals surface area contributed by atoms with Crippen LogP contribution in [0.25, 0.3) is 0 Å². The molecule has 1 rings (SSSR count). The molecule has 108 valence electrons. The van der Waals surface area contributed by atoms with E-state index in [2.05, 4.69) is 11.9 Å². The zero-order chi connectivity index (χ0) is 13.8. The van der Waals surface area contributed by atoms with Crippen molar-refractivity contribution in [3.05, 3.63) is 18.3 Å². The zero-order valence-electron chi connectivity index (χ0n) is 12.2. The van der Waals surface area contributed by atoms with Crippen LogP contribution in [0.15, 0.2) is 18.3 Å². The Balaban J connectivity index is 1.87. The monoisotopic (exact) mass is 264 g/mol. The molecule has 0 fully saturated rings. The molecule has 0 radical (unpaired) electrons. The molecule has 0 aromatic carbocycles. The molecule has 0 spiro atoms. The first-order valence-electron chi connectivity index (χ1n) is 7.67. The van der Waals surface area contributed by atoms with Gasteiger partial charge in [-0.15, -0.1) is 0 Å². The van der Waals surface area contributed by atoms with Gasteiger partial charge in [0.25, 0.3) is 0 Å². The van der Waals surface area contributed by atoms with Gasteiger partial charge in [0.15, 0.2) is 0 Å². The number of pyridine rings is 1. The van der Waals surface area contributed by atoms with Crippen molar-refractivity contribution in [2.24, 2.45) is 0 Å². The maximum Gasteiger partial charge on any atom is 0.213 e. The van der Waals surface area contributed by atoms with Gasteiger partial charge in [-0.2, -0.15) is 0 Å². The highest BCUT2D eigenvalue weighted by Gasteiger charge is 1.95. The van der Waals surface area contributed by atoms with Crippen LogP contribution in [0.1, 0.15) is 64.7 Å². The van der Waals surface area contributed by atoms with Crippen LogP contribution in [0.4, 0.5) is 5.69 Å². The van der Waals surface area contributed by atoms with Gasteiger partial charge < -0.3 is 10.5 Å². The van der Waals surface area contributed by atoms with Crippen LogP contribution in [0.2, 0.25) is 0 Å². The molecule has 0 saturated heterocycles. The molecule has 2 N–H and O–H groups in total. The van der Waals surface area contributed by atoms with Gasteiger partial charge in [0.1, 0.15) is 0 Å². The van der Waals surface area contributed by atoms with E-state index < -0.39 is 0 Å². The van der Waals surface area contributed by atoms with Crippen LogP contribution >= 0.6 is 0 Å². The van der Waals surface area contributed by atoms with Gasteiger partial charge in [-0.1, -0.05) is 58.3 Å². The van der Waals surface area contributed by atoms with E-state index in [0.29, 0.717) is 11.6 Å². The Kier molecular flexibility index (Phi) is 8.86. The van der Waals surface area contributed by atoms with E-state index in [1.807, 2.05) is 12.1 Å². The topological polar surface area (TPSA) is 48.1 Å². The average Bonchev–Trinajstić information content (AvgIpc) is 2.43. The molecule has 0 saturated carbocycles. The van der Waals surface area contributed by atoms with Crippen LogP contribution in [-0.4, -0.2) is 11.6 Å². The average molecular weight is 264 g/mol. The summed E-state index contributed by atoms with van der Waals surface area (Å²) in [6.45, 7) is 3.02. The van der Waals surface area contributed by atoms with Crippen molar-refractivity contribution in [1.29, 1.82) is 0 Å². The minimum atomic E-state index is 0.675. The molecule has 0 unspecified atom stereocenters. The summed E-state index contributed by atoms with van der Waals surface area (Å²) in [6.07, 6.45) is 13.6. The number of hydrogen-bond acceptors (Lipinski definition) is 3. The van der Waals surface area contributed by atoms with Crippen molar-refractivity contribution in [3.63, 3.8) is 0 Å². The SMILES string of the molecule is CCCCCCCCCCCOc1ccc(N)cn1. The van der Waals surface area contributed by atoms with E-state index in [-0.39, 0.29) is 0 Å². The molecule has 0 atom stereocenters. The van der Waals surface area contributed by atoms with Gasteiger partial charge in [0, 0.05) is 6.07 Å². The van der Waals surface area contributed by atoms with Crippen molar-refractivity contribution in [2.45, 2.75) is 64.7 Å². The van der Waals surface area contributed by atoms with Gasteiger partial charge in [-0.05, 0) is 12.5 Å². The minimum absolute atomic E-state index is 0.675. The summed E-state index contributed by atoms with van der Waals surface area (Å²) in [6, 6.07) is 3.64. The van der Waals surface area contributed by atoms with Gasteiger partial charge in [-0.3, -0.25) is 0 Å². The lowest BCUT2D eigenvalue weighted by molar-refractivity contribution is 0.293. The number of nitrogens with two attached hydrogens (primary N) is 1. The molecule has 1 heterocycles. The van der Waals surface area contributed by atoms with E-state index in [1.165, 1.54) is 51.4 Å². The highest BCUT2D eigenvalue weighted by Crippen LogP contribution is 2.11. The van der Waals surface area contributed by atoms with Crippen molar-refractivity contribution in [1.82, 2.24) is 4.98 Å². The molecule has 0 amide bonds. The van der Waals surface area contributed by atoms with Crippen LogP contribution in [0.5, 0.6) is 5.88 Å². The zero-order valence-corrected chi connectivity index (χ0v) is 12.2. The molecule has 19 heavy (non-hydrogen) atoms. The predicted molar refractivity (Wildman–Crippen MR) is 81.4 cm³/mol. The normalized spacial score (nSPS) is 10.6. The minimum Gasteiger partial charge on any atom is -0.478 e. The van der Waals surface area contributed by atoms with E-state index in [4.69, 9.17) is 10.5 Å². The Labute approximate surface area is 117 Å². The fraction of sp³-hybridized carbons (Fsp3) is 0.688. The second kappa shape index (κ2) is 10.7. The summed E-state index contributed by atoms with van der Waals surface area (Å²) >= 11 is 0. The highest BCUT2D eigenvalue weighted by atomic mass is 16.5. The fourth-order valence-corrected chi connectivity index (χ4v) is 2.07. The number of ether oxygens (including phenoxy) is 1. The Morgan fingerprint density at radius 2 is 1.58 bits per heavy atom. The standard InChI is InChI=1S/C16H28N2O/c1-2-3-4-5-6-7-8-9-10-13-19-16-12-11-15(17)14-18-16/h11-12,14H,2-10,13,17H2,1H3. The lowest BCUT2D eigenvalue weighted by Crippen LogP contribution is -1.99. The Morgan fingerprint density at radius 3 is 2.16 bits per heavy atom. The smallest absolute Gasteiger partial charge is 0.213 e. The number of nitrogen functional groups attached to an aromatic ring is 1. The van der Waals surface area contributed by atoms with Gasteiger partial charge in [-0.25, -0.2) is 4.98 Å².